The van der Waals surface area contributed by atoms with Crippen molar-refractivity contribution in [2.45, 2.75) is 13.0 Å². The molecule has 0 radical (unpaired) electrons. The summed E-state index contributed by atoms with van der Waals surface area (Å²) >= 11 is 0. The Labute approximate surface area is 93.4 Å². The van der Waals surface area contributed by atoms with Gasteiger partial charge < -0.3 is 10.2 Å². The normalized spacial score (nSPS) is 15.6. The number of nitro groups is 1. The van der Waals surface area contributed by atoms with Gasteiger partial charge in [-0.1, -0.05) is 0 Å². The van der Waals surface area contributed by atoms with Crippen molar-refractivity contribution in [2.24, 2.45) is 0 Å². The number of aromatic nitrogens is 1. The van der Waals surface area contributed by atoms with Crippen LogP contribution in [0.2, 0.25) is 0 Å². The first-order valence-corrected chi connectivity index (χ1v) is 5.14. The third kappa shape index (κ3) is 1.83. The number of nitrogens with one attached hydrogen (secondary N) is 1. The monoisotopic (exact) mass is 222 g/mol. The fourth-order valence-corrected chi connectivity index (χ4v) is 1.74. The summed E-state index contributed by atoms with van der Waals surface area (Å²) in [6, 6.07) is 2.00. The Morgan fingerprint density at radius 2 is 2.31 bits per heavy atom. The van der Waals surface area contributed by atoms with Crippen molar-refractivity contribution in [3.05, 3.63) is 27.9 Å². The van der Waals surface area contributed by atoms with E-state index in [1.165, 1.54) is 6.20 Å². The first kappa shape index (κ1) is 10.8. The number of rotatable bonds is 3. The number of aryl methyl sites for hydroxylation is 1. The van der Waals surface area contributed by atoms with E-state index in [-0.39, 0.29) is 5.69 Å². The lowest BCUT2D eigenvalue weighted by molar-refractivity contribution is -0.385. The summed E-state index contributed by atoms with van der Waals surface area (Å²) in [5.74, 6) is 0.817. The molecule has 1 aliphatic rings. The van der Waals surface area contributed by atoms with Gasteiger partial charge in [-0.2, -0.15) is 0 Å². The van der Waals surface area contributed by atoms with Gasteiger partial charge in [-0.05, 0) is 12.5 Å². The van der Waals surface area contributed by atoms with Crippen molar-refractivity contribution in [3.63, 3.8) is 0 Å². The molecule has 0 unspecified atom stereocenters. The third-order valence-electron chi connectivity index (χ3n) is 2.89. The van der Waals surface area contributed by atoms with Gasteiger partial charge in [0, 0.05) is 26.2 Å². The quantitative estimate of drug-likeness (QED) is 0.602. The summed E-state index contributed by atoms with van der Waals surface area (Å²) in [5.41, 5.74) is 0.880. The Morgan fingerprint density at radius 1 is 1.62 bits per heavy atom. The van der Waals surface area contributed by atoms with Crippen molar-refractivity contribution in [3.8, 4) is 0 Å². The third-order valence-corrected chi connectivity index (χ3v) is 2.89. The van der Waals surface area contributed by atoms with Crippen molar-refractivity contribution in [1.82, 2.24) is 10.3 Å². The zero-order chi connectivity index (χ0) is 11.7. The molecule has 1 aromatic heterocycles. The van der Waals surface area contributed by atoms with Gasteiger partial charge >= 0.3 is 0 Å². The van der Waals surface area contributed by atoms with Gasteiger partial charge in [0.2, 0.25) is 0 Å². The van der Waals surface area contributed by atoms with Crippen LogP contribution in [0.1, 0.15) is 5.56 Å². The lowest BCUT2D eigenvalue weighted by Crippen LogP contribution is -2.56. The summed E-state index contributed by atoms with van der Waals surface area (Å²) in [5, 5.41) is 13.8. The Hall–Kier alpha value is -1.69. The number of likely N-dealkylation sites (N-methyl/N-ethyl adjacent to an activating group) is 1. The number of nitrogens with zero attached hydrogens (tertiary/aromatic N) is 3. The summed E-state index contributed by atoms with van der Waals surface area (Å²) in [7, 11) is 1.96. The van der Waals surface area contributed by atoms with Crippen molar-refractivity contribution < 1.29 is 4.92 Å². The second-order valence-electron chi connectivity index (χ2n) is 4.01. The standard InChI is InChI=1S/C10H14N4O2/c1-7-3-8(14(15)16)6-12-10(7)13(2)9-4-11-5-9/h3,6,9,11H,4-5H2,1-2H3. The smallest absolute Gasteiger partial charge is 0.287 e. The van der Waals surface area contributed by atoms with Crippen LogP contribution in [-0.4, -0.2) is 36.1 Å². The number of pyridine rings is 1. The van der Waals surface area contributed by atoms with Gasteiger partial charge in [-0.15, -0.1) is 0 Å². The molecule has 6 heteroatoms. The van der Waals surface area contributed by atoms with Crippen LogP contribution in [0.25, 0.3) is 0 Å². The molecular formula is C10H14N4O2. The zero-order valence-electron chi connectivity index (χ0n) is 9.30. The van der Waals surface area contributed by atoms with E-state index in [1.54, 1.807) is 6.07 Å². The Balaban J connectivity index is 2.24. The lowest BCUT2D eigenvalue weighted by Gasteiger charge is -2.36. The van der Waals surface area contributed by atoms with Crippen LogP contribution in [0.3, 0.4) is 0 Å². The molecule has 6 nitrogen and oxygen atoms in total. The van der Waals surface area contributed by atoms with Crippen LogP contribution in [0.4, 0.5) is 11.5 Å². The molecule has 0 saturated carbocycles. The maximum Gasteiger partial charge on any atom is 0.287 e. The summed E-state index contributed by atoms with van der Waals surface area (Å²) in [6.45, 7) is 3.72. The molecule has 0 bridgehead atoms. The SMILES string of the molecule is Cc1cc([N+](=O)[O-])cnc1N(C)C1CNC1. The summed E-state index contributed by atoms with van der Waals surface area (Å²) in [4.78, 5) is 16.4. The topological polar surface area (TPSA) is 71.3 Å². The van der Waals surface area contributed by atoms with Gasteiger partial charge in [-0.25, -0.2) is 4.98 Å². The number of hydrogen-bond donors (Lipinski definition) is 1. The second kappa shape index (κ2) is 4.05. The molecule has 2 rings (SSSR count). The van der Waals surface area contributed by atoms with Gasteiger partial charge in [0.25, 0.3) is 5.69 Å². The van der Waals surface area contributed by atoms with E-state index in [0.717, 1.165) is 24.5 Å². The van der Waals surface area contributed by atoms with Gasteiger partial charge in [0.1, 0.15) is 12.0 Å². The van der Waals surface area contributed by atoms with E-state index in [9.17, 15) is 10.1 Å². The Morgan fingerprint density at radius 3 is 2.75 bits per heavy atom. The highest BCUT2D eigenvalue weighted by Gasteiger charge is 2.24. The van der Waals surface area contributed by atoms with Crippen molar-refractivity contribution >= 4 is 11.5 Å². The Bertz CT molecular complexity index is 417. The number of anilines is 1. The van der Waals surface area contributed by atoms with E-state index in [2.05, 4.69) is 15.2 Å². The molecule has 1 aliphatic heterocycles. The molecule has 0 amide bonds. The van der Waals surface area contributed by atoms with Crippen LogP contribution in [0, 0.1) is 17.0 Å². The zero-order valence-corrected chi connectivity index (χ0v) is 9.30. The molecule has 1 saturated heterocycles. The highest BCUT2D eigenvalue weighted by atomic mass is 16.6. The molecular weight excluding hydrogens is 208 g/mol. The van der Waals surface area contributed by atoms with Gasteiger partial charge in [0.05, 0.1) is 11.0 Å². The van der Waals surface area contributed by atoms with Crippen molar-refractivity contribution in [1.29, 1.82) is 0 Å². The fraction of sp³-hybridized carbons (Fsp3) is 0.500. The second-order valence-corrected chi connectivity index (χ2v) is 4.01. The molecule has 1 N–H and O–H groups in total. The van der Waals surface area contributed by atoms with Crippen molar-refractivity contribution in [2.75, 3.05) is 25.0 Å². The first-order chi connectivity index (χ1) is 7.59. The molecule has 86 valence electrons. The number of hydrogen-bond acceptors (Lipinski definition) is 5. The van der Waals surface area contributed by atoms with Gasteiger partial charge in [-0.3, -0.25) is 10.1 Å². The summed E-state index contributed by atoms with van der Waals surface area (Å²) < 4.78 is 0. The molecule has 0 atom stereocenters. The minimum Gasteiger partial charge on any atom is -0.354 e. The molecule has 1 aromatic rings. The average molecular weight is 222 g/mol. The average Bonchev–Trinajstić information content (AvgIpc) is 2.14. The maximum atomic E-state index is 10.6. The van der Waals surface area contributed by atoms with Crippen LogP contribution in [0.15, 0.2) is 12.3 Å². The largest absolute Gasteiger partial charge is 0.354 e. The Kier molecular flexibility index (Phi) is 2.74. The maximum absolute atomic E-state index is 10.6. The lowest BCUT2D eigenvalue weighted by atomic mass is 10.1. The van der Waals surface area contributed by atoms with Crippen LogP contribution in [0.5, 0.6) is 0 Å². The van der Waals surface area contributed by atoms with Crippen LogP contribution in [-0.2, 0) is 0 Å². The highest BCUT2D eigenvalue weighted by Crippen LogP contribution is 2.22. The van der Waals surface area contributed by atoms with E-state index >= 15 is 0 Å². The van der Waals surface area contributed by atoms with E-state index in [0.29, 0.717) is 6.04 Å². The molecule has 0 aromatic carbocycles. The molecule has 2 heterocycles. The van der Waals surface area contributed by atoms with E-state index < -0.39 is 4.92 Å². The fourth-order valence-electron chi connectivity index (χ4n) is 1.74. The summed E-state index contributed by atoms with van der Waals surface area (Å²) in [6.07, 6.45) is 1.31. The molecule has 16 heavy (non-hydrogen) atoms. The highest BCUT2D eigenvalue weighted by molar-refractivity contribution is 5.51. The molecule has 1 fully saturated rings. The molecule has 0 aliphatic carbocycles. The van der Waals surface area contributed by atoms with Gasteiger partial charge in [0.15, 0.2) is 0 Å². The van der Waals surface area contributed by atoms with Crippen LogP contribution >= 0.6 is 0 Å². The van der Waals surface area contributed by atoms with E-state index in [4.69, 9.17) is 0 Å². The van der Waals surface area contributed by atoms with Crippen LogP contribution < -0.4 is 10.2 Å². The molecule has 0 spiro atoms. The predicted molar refractivity (Wildman–Crippen MR) is 60.7 cm³/mol. The minimum absolute atomic E-state index is 0.0429. The predicted octanol–water partition coefficient (Wildman–Crippen LogP) is 0.706. The minimum atomic E-state index is -0.422. The first-order valence-electron chi connectivity index (χ1n) is 5.14. The van der Waals surface area contributed by atoms with E-state index in [1.807, 2.05) is 14.0 Å².